The molecule has 0 fully saturated rings. The molecule has 4 heterocycles. The first-order valence-electron chi connectivity index (χ1n) is 50.8. The van der Waals surface area contributed by atoms with Gasteiger partial charge < -0.3 is 27.8 Å². The van der Waals surface area contributed by atoms with Crippen molar-refractivity contribution in [3.63, 3.8) is 0 Å². The van der Waals surface area contributed by atoms with E-state index in [4.69, 9.17) is 8.83 Å². The number of benzene rings is 26. The molecule has 0 bridgehead atoms. The highest BCUT2D eigenvalue weighted by Crippen LogP contribution is 2.50. The van der Waals surface area contributed by atoms with Crippen LogP contribution in [0.4, 0.5) is 34.1 Å². The summed E-state index contributed by atoms with van der Waals surface area (Å²) in [6, 6.07) is 199. The normalized spacial score (nSPS) is 11.8. The van der Waals surface area contributed by atoms with Crippen molar-refractivity contribution in [3.8, 4) is 89.3 Å². The first-order chi connectivity index (χ1) is 73.4. The number of rotatable bonds is 15. The van der Waals surface area contributed by atoms with Crippen LogP contribution in [0.1, 0.15) is 0 Å². The van der Waals surface area contributed by atoms with Gasteiger partial charge in [0.1, 0.15) is 11.2 Å². The molecular formula is C142H90N4O2. The molecule has 30 rings (SSSR count). The Hall–Kier alpha value is -19.7. The number of aromatic nitrogens is 2. The molecule has 0 amide bonds. The summed E-state index contributed by atoms with van der Waals surface area (Å²) in [7, 11) is 0. The van der Waals surface area contributed by atoms with E-state index in [2.05, 4.69) is 553 Å². The van der Waals surface area contributed by atoms with Crippen molar-refractivity contribution in [2.75, 3.05) is 9.80 Å². The first kappa shape index (κ1) is 85.1. The Balaban J connectivity index is 0.000000140. The zero-order chi connectivity index (χ0) is 97.4. The number of hydrogen-bond donors (Lipinski definition) is 0. The third-order valence-electron chi connectivity index (χ3n) is 30.6. The maximum atomic E-state index is 6.73. The number of hydrogen-bond acceptors (Lipinski definition) is 4. The second-order valence-electron chi connectivity index (χ2n) is 38.8. The van der Waals surface area contributed by atoms with Gasteiger partial charge in [0, 0.05) is 77.2 Å². The van der Waals surface area contributed by atoms with E-state index in [1.165, 1.54) is 164 Å². The average molecular weight is 1880 g/mol. The molecule has 0 atom stereocenters. The van der Waals surface area contributed by atoms with E-state index in [9.17, 15) is 0 Å². The van der Waals surface area contributed by atoms with Gasteiger partial charge in [0.2, 0.25) is 0 Å². The summed E-state index contributed by atoms with van der Waals surface area (Å²) in [6.45, 7) is 0. The Morgan fingerprint density at radius 1 is 0.142 bits per heavy atom. The fourth-order valence-corrected chi connectivity index (χ4v) is 23.5. The lowest BCUT2D eigenvalue weighted by Gasteiger charge is -2.26. The quantitative estimate of drug-likeness (QED) is 0.0960. The summed E-state index contributed by atoms with van der Waals surface area (Å²) < 4.78 is 18.2. The molecule has 26 aromatic carbocycles. The Morgan fingerprint density at radius 2 is 0.378 bits per heavy atom. The predicted octanol–water partition coefficient (Wildman–Crippen LogP) is 40.0. The molecule has 0 spiro atoms. The number of para-hydroxylation sites is 6. The third-order valence-corrected chi connectivity index (χ3v) is 30.6. The molecule has 0 radical (unpaired) electrons. The lowest BCUT2D eigenvalue weighted by atomic mass is 9.92. The molecule has 0 unspecified atom stereocenters. The van der Waals surface area contributed by atoms with E-state index < -0.39 is 0 Å². The van der Waals surface area contributed by atoms with Gasteiger partial charge in [0.05, 0.1) is 33.4 Å². The molecule has 4 aromatic heterocycles. The summed E-state index contributed by atoms with van der Waals surface area (Å²) in [4.78, 5) is 4.67. The van der Waals surface area contributed by atoms with Crippen molar-refractivity contribution in [3.05, 3.63) is 546 Å². The van der Waals surface area contributed by atoms with Gasteiger partial charge >= 0.3 is 0 Å². The second-order valence-corrected chi connectivity index (χ2v) is 38.8. The average Bonchev–Trinajstić information content (AvgIpc) is 1.31. The topological polar surface area (TPSA) is 42.6 Å². The van der Waals surface area contributed by atoms with E-state index in [1.807, 2.05) is 12.1 Å². The molecule has 0 saturated carbocycles. The zero-order valence-electron chi connectivity index (χ0n) is 80.6. The highest BCUT2D eigenvalue weighted by molar-refractivity contribution is 6.28. The van der Waals surface area contributed by atoms with Crippen LogP contribution in [0.15, 0.2) is 555 Å². The number of nitrogens with zero attached hydrogens (tertiary/aromatic N) is 4. The number of furan rings is 2. The molecule has 148 heavy (non-hydrogen) atoms. The van der Waals surface area contributed by atoms with Crippen molar-refractivity contribution in [2.24, 2.45) is 0 Å². The molecule has 6 nitrogen and oxygen atoms in total. The third kappa shape index (κ3) is 14.4. The minimum Gasteiger partial charge on any atom is -0.454 e. The smallest absolute Gasteiger partial charge is 0.159 e. The minimum absolute atomic E-state index is 0.854. The first-order valence-corrected chi connectivity index (χ1v) is 50.8. The molecule has 0 saturated heterocycles. The maximum Gasteiger partial charge on any atom is 0.159 e. The van der Waals surface area contributed by atoms with Crippen molar-refractivity contribution in [2.45, 2.75) is 0 Å². The van der Waals surface area contributed by atoms with E-state index in [0.717, 1.165) is 123 Å². The summed E-state index contributed by atoms with van der Waals surface area (Å²) in [5.41, 5.74) is 33.1. The fourth-order valence-electron chi connectivity index (χ4n) is 23.5. The Labute approximate surface area is 853 Å². The van der Waals surface area contributed by atoms with Crippen LogP contribution >= 0.6 is 0 Å². The summed E-state index contributed by atoms with van der Waals surface area (Å²) >= 11 is 0. The summed E-state index contributed by atoms with van der Waals surface area (Å²) in [6.07, 6.45) is 0. The highest BCUT2D eigenvalue weighted by Gasteiger charge is 2.26. The van der Waals surface area contributed by atoms with Gasteiger partial charge in [-0.05, 0) is 311 Å². The Morgan fingerprint density at radius 3 is 0.743 bits per heavy atom. The number of anilines is 6. The second kappa shape index (κ2) is 35.2. The molecule has 0 aliphatic heterocycles. The van der Waals surface area contributed by atoms with Gasteiger partial charge in [-0.15, -0.1) is 0 Å². The largest absolute Gasteiger partial charge is 0.454 e. The lowest BCUT2D eigenvalue weighted by Crippen LogP contribution is -2.10. The molecule has 6 heteroatoms. The van der Waals surface area contributed by atoms with Crippen molar-refractivity contribution in [1.29, 1.82) is 0 Å². The van der Waals surface area contributed by atoms with Gasteiger partial charge in [0.25, 0.3) is 0 Å². The Bertz CT molecular complexity index is 10500. The molecule has 690 valence electrons. The van der Waals surface area contributed by atoms with Gasteiger partial charge in [-0.2, -0.15) is 0 Å². The standard InChI is InChI=1S/C72H46N2O.C70H44N2O/c1-3-14-47(15-4-1)48-26-28-49(29-27-48)53-35-42-68-66(45-53)67-46-54(36-43-69(67)74(68)55-16-5-2-6-17-55)51-32-39-57(40-33-51)73(70-24-13-23-64-63-22-11-12-25-71(63)75-72(64)70)56-37-30-50(31-38-56)52-34-41-62-60-20-8-7-18-58(60)59-19-9-10-21-61(59)65(62)44-52;1-2-16-51(17-3-1)72-66-40-33-49(43-64(66)65-44-50(34-41-67(65)72)55-24-12-15-47-14-4-5-18-54(47)55)46-30-37-53(38-31-46)71(68-26-13-25-62-61-23-10-11-27-69(61)73-70(62)68)52-35-28-45(29-36-52)48-32-39-60-58-21-7-6-19-56(58)57-20-8-9-22-59(57)63(60)42-48/h1-46H;1-44H. The molecule has 0 N–H and O–H groups in total. The summed E-state index contributed by atoms with van der Waals surface area (Å²) in [5, 5.41) is 27.1. The highest BCUT2D eigenvalue weighted by atomic mass is 16.3. The molecule has 0 aliphatic carbocycles. The van der Waals surface area contributed by atoms with Gasteiger partial charge in [-0.3, -0.25) is 0 Å². The lowest BCUT2D eigenvalue weighted by molar-refractivity contribution is 0.668. The zero-order valence-corrected chi connectivity index (χ0v) is 80.6. The summed E-state index contributed by atoms with van der Waals surface area (Å²) in [5.74, 6) is 0. The molecular weight excluding hydrogens is 1790 g/mol. The van der Waals surface area contributed by atoms with E-state index in [0.29, 0.717) is 0 Å². The number of fused-ring (bicyclic) bond motifs is 25. The maximum absolute atomic E-state index is 6.73. The van der Waals surface area contributed by atoms with Gasteiger partial charge in [-0.25, -0.2) is 0 Å². The van der Waals surface area contributed by atoms with Crippen LogP contribution in [-0.4, -0.2) is 9.13 Å². The van der Waals surface area contributed by atoms with Gasteiger partial charge in [0.15, 0.2) is 11.2 Å². The van der Waals surface area contributed by atoms with Crippen molar-refractivity contribution < 1.29 is 8.83 Å². The predicted molar refractivity (Wildman–Crippen MR) is 626 cm³/mol. The minimum atomic E-state index is 0.854. The van der Waals surface area contributed by atoms with Crippen LogP contribution in [0.25, 0.3) is 252 Å². The van der Waals surface area contributed by atoms with E-state index >= 15 is 0 Å². The van der Waals surface area contributed by atoms with Crippen LogP contribution in [0.2, 0.25) is 0 Å². The van der Waals surface area contributed by atoms with Crippen LogP contribution < -0.4 is 9.80 Å². The Kier molecular flexibility index (Phi) is 20.2. The molecule has 0 aliphatic rings. The van der Waals surface area contributed by atoms with Crippen LogP contribution in [0, 0.1) is 0 Å². The van der Waals surface area contributed by atoms with Crippen molar-refractivity contribution >= 4 is 197 Å². The molecule has 30 aromatic rings. The monoisotopic (exact) mass is 1880 g/mol. The van der Waals surface area contributed by atoms with Crippen LogP contribution in [0.3, 0.4) is 0 Å². The van der Waals surface area contributed by atoms with Crippen LogP contribution in [0.5, 0.6) is 0 Å². The SMILES string of the molecule is c1ccc(-c2ccc(-c3ccc4c(c3)c3cc(-c5ccc(N(c6ccc(-c7ccc8c9ccccc9c9ccccc9c8c7)cc6)c6cccc7c6oc6ccccc67)cc5)ccc3n4-c3ccccc3)cc2)cc1.c1ccc(-n2c3ccc(-c4ccc(N(c5ccc(-c6ccc7c8ccccc8c8ccccc8c7c6)cc5)c5cccc6c5oc5ccccc56)cc4)cc3c3cc(-c4cccc5ccccc45)ccc32)cc1. The van der Waals surface area contributed by atoms with E-state index in [1.54, 1.807) is 0 Å². The van der Waals surface area contributed by atoms with E-state index in [-0.39, 0.29) is 0 Å². The van der Waals surface area contributed by atoms with Gasteiger partial charge in [-0.1, -0.05) is 388 Å². The fraction of sp³-hybridized carbons (Fsp3) is 0. The van der Waals surface area contributed by atoms with Crippen molar-refractivity contribution in [1.82, 2.24) is 9.13 Å². The van der Waals surface area contributed by atoms with Crippen LogP contribution in [-0.2, 0) is 0 Å².